The van der Waals surface area contributed by atoms with Gasteiger partial charge in [0.05, 0.1) is 11.9 Å². The van der Waals surface area contributed by atoms with Crippen LogP contribution in [0.25, 0.3) is 11.5 Å². The molecule has 0 atom stereocenters. The van der Waals surface area contributed by atoms with Crippen molar-refractivity contribution in [3.63, 3.8) is 0 Å². The summed E-state index contributed by atoms with van der Waals surface area (Å²) >= 11 is 0. The van der Waals surface area contributed by atoms with Crippen LogP contribution >= 0.6 is 0 Å². The van der Waals surface area contributed by atoms with Gasteiger partial charge >= 0.3 is 0 Å². The average Bonchev–Trinajstić information content (AvgIpc) is 3.09. The van der Waals surface area contributed by atoms with Crippen LogP contribution < -0.4 is 5.32 Å². The fraction of sp³-hybridized carbons (Fsp3) is 0.200. The van der Waals surface area contributed by atoms with Crippen LogP contribution in [0.2, 0.25) is 0 Å². The van der Waals surface area contributed by atoms with Crippen molar-refractivity contribution in [2.45, 2.75) is 20.0 Å². The van der Waals surface area contributed by atoms with Crippen molar-refractivity contribution in [3.05, 3.63) is 59.7 Å². The van der Waals surface area contributed by atoms with E-state index >= 15 is 0 Å². The highest BCUT2D eigenvalue weighted by Crippen LogP contribution is 2.23. The molecule has 3 aromatic heterocycles. The predicted octanol–water partition coefficient (Wildman–Crippen LogP) is 2.66. The molecule has 0 bridgehead atoms. The zero-order valence-corrected chi connectivity index (χ0v) is 11.3. The summed E-state index contributed by atoms with van der Waals surface area (Å²) in [5, 5.41) is 10.4. The normalized spacial score (nSPS) is 10.8. The first-order valence-corrected chi connectivity index (χ1v) is 6.52. The number of H-pyrrole nitrogens is 1. The van der Waals surface area contributed by atoms with Crippen molar-refractivity contribution in [1.82, 2.24) is 20.5 Å². The quantitative estimate of drug-likeness (QED) is 0.746. The van der Waals surface area contributed by atoms with Gasteiger partial charge in [-0.25, -0.2) is 0 Å². The third-order valence-corrected chi connectivity index (χ3v) is 3.05. The fourth-order valence-corrected chi connectivity index (χ4v) is 2.06. The molecule has 0 saturated heterocycles. The molecule has 5 nitrogen and oxygen atoms in total. The zero-order valence-electron chi connectivity index (χ0n) is 11.3. The van der Waals surface area contributed by atoms with Gasteiger partial charge in [-0.1, -0.05) is 6.07 Å². The number of aryl methyl sites for hydroxylation is 1. The molecule has 0 aromatic carbocycles. The van der Waals surface area contributed by atoms with E-state index in [1.165, 1.54) is 0 Å². The number of rotatable bonds is 5. The third-order valence-electron chi connectivity index (χ3n) is 3.05. The van der Waals surface area contributed by atoms with Gasteiger partial charge in [0.15, 0.2) is 5.76 Å². The largest absolute Gasteiger partial charge is 0.460 e. The first-order chi connectivity index (χ1) is 9.83. The molecule has 0 amide bonds. The Labute approximate surface area is 117 Å². The topological polar surface area (TPSA) is 66.7 Å². The van der Waals surface area contributed by atoms with Gasteiger partial charge in [0, 0.05) is 24.8 Å². The summed E-state index contributed by atoms with van der Waals surface area (Å²) in [5.41, 5.74) is 3.02. The van der Waals surface area contributed by atoms with Gasteiger partial charge in [-0.2, -0.15) is 5.10 Å². The Bertz CT molecular complexity index is 672. The van der Waals surface area contributed by atoms with Crippen LogP contribution in [0.4, 0.5) is 0 Å². The van der Waals surface area contributed by atoms with Gasteiger partial charge in [-0.15, -0.1) is 0 Å². The van der Waals surface area contributed by atoms with Crippen LogP contribution in [0.15, 0.2) is 47.1 Å². The molecule has 3 heterocycles. The van der Waals surface area contributed by atoms with Gasteiger partial charge in [0.1, 0.15) is 11.5 Å². The van der Waals surface area contributed by atoms with Crippen molar-refractivity contribution in [3.8, 4) is 11.5 Å². The van der Waals surface area contributed by atoms with E-state index in [1.807, 2.05) is 43.5 Å². The van der Waals surface area contributed by atoms with Gasteiger partial charge in [-0.05, 0) is 31.2 Å². The average molecular weight is 268 g/mol. The minimum Gasteiger partial charge on any atom is -0.460 e. The molecule has 0 aliphatic heterocycles. The van der Waals surface area contributed by atoms with E-state index < -0.39 is 0 Å². The number of furan rings is 1. The maximum absolute atomic E-state index is 5.62. The van der Waals surface area contributed by atoms with Crippen molar-refractivity contribution < 1.29 is 4.42 Å². The van der Waals surface area contributed by atoms with E-state index in [4.69, 9.17) is 4.42 Å². The second kappa shape index (κ2) is 5.71. The van der Waals surface area contributed by atoms with Gasteiger partial charge in [0.2, 0.25) is 0 Å². The van der Waals surface area contributed by atoms with Crippen LogP contribution in [-0.4, -0.2) is 15.2 Å². The molecular weight excluding hydrogens is 252 g/mol. The molecule has 5 heteroatoms. The van der Waals surface area contributed by atoms with E-state index in [0.29, 0.717) is 6.54 Å². The Hall–Kier alpha value is -2.40. The summed E-state index contributed by atoms with van der Waals surface area (Å²) < 4.78 is 5.62. The molecule has 3 aromatic rings. The smallest absolute Gasteiger partial charge is 0.152 e. The minimum atomic E-state index is 0.710. The Kier molecular flexibility index (Phi) is 3.60. The molecule has 3 rings (SSSR count). The van der Waals surface area contributed by atoms with Crippen LogP contribution in [0.1, 0.15) is 17.0 Å². The van der Waals surface area contributed by atoms with Crippen LogP contribution in [0.5, 0.6) is 0 Å². The summed E-state index contributed by atoms with van der Waals surface area (Å²) in [4.78, 5) is 4.28. The van der Waals surface area contributed by atoms with E-state index in [-0.39, 0.29) is 0 Å². The molecule has 0 aliphatic carbocycles. The van der Waals surface area contributed by atoms with Crippen molar-refractivity contribution in [1.29, 1.82) is 0 Å². The zero-order chi connectivity index (χ0) is 13.8. The monoisotopic (exact) mass is 268 g/mol. The Morgan fingerprint density at radius 2 is 2.15 bits per heavy atom. The lowest BCUT2D eigenvalue weighted by atomic mass is 10.2. The second-order valence-electron chi connectivity index (χ2n) is 4.61. The van der Waals surface area contributed by atoms with Crippen LogP contribution in [-0.2, 0) is 13.1 Å². The maximum atomic E-state index is 5.62. The van der Waals surface area contributed by atoms with E-state index in [1.54, 1.807) is 6.20 Å². The third kappa shape index (κ3) is 2.78. The van der Waals surface area contributed by atoms with E-state index in [9.17, 15) is 0 Å². The molecular formula is C15H16N4O. The summed E-state index contributed by atoms with van der Waals surface area (Å²) in [6, 6.07) is 9.79. The first kappa shape index (κ1) is 12.6. The predicted molar refractivity (Wildman–Crippen MR) is 75.8 cm³/mol. The number of hydrogen-bond acceptors (Lipinski definition) is 4. The van der Waals surface area contributed by atoms with Gasteiger partial charge in [-0.3, -0.25) is 10.1 Å². The van der Waals surface area contributed by atoms with E-state index in [0.717, 1.165) is 35.0 Å². The molecule has 0 spiro atoms. The number of pyridine rings is 1. The number of hydrogen-bond donors (Lipinski definition) is 2. The minimum absolute atomic E-state index is 0.710. The summed E-state index contributed by atoms with van der Waals surface area (Å²) in [7, 11) is 0. The van der Waals surface area contributed by atoms with Gasteiger partial charge < -0.3 is 9.73 Å². The van der Waals surface area contributed by atoms with Crippen molar-refractivity contribution in [2.75, 3.05) is 0 Å². The molecule has 0 radical (unpaired) electrons. The lowest BCUT2D eigenvalue weighted by Crippen LogP contribution is -2.13. The summed E-state index contributed by atoms with van der Waals surface area (Å²) in [6.07, 6.45) is 3.62. The molecule has 102 valence electrons. The maximum Gasteiger partial charge on any atom is 0.152 e. The molecule has 0 saturated carbocycles. The highest BCUT2D eigenvalue weighted by atomic mass is 16.3. The van der Waals surface area contributed by atoms with Crippen LogP contribution in [0, 0.1) is 6.92 Å². The number of nitrogens with one attached hydrogen (secondary N) is 2. The fourth-order valence-electron chi connectivity index (χ4n) is 2.06. The molecule has 2 N–H and O–H groups in total. The standard InChI is InChI=1S/C15H16N4O/c1-11-5-6-14(20-11)15-12(9-18-19-15)8-16-10-13-4-2-3-7-17-13/h2-7,9,16H,8,10H2,1H3,(H,18,19). The first-order valence-electron chi connectivity index (χ1n) is 6.52. The lowest BCUT2D eigenvalue weighted by Gasteiger charge is -2.04. The molecule has 0 aliphatic rings. The Morgan fingerprint density at radius 3 is 2.90 bits per heavy atom. The lowest BCUT2D eigenvalue weighted by molar-refractivity contribution is 0.545. The van der Waals surface area contributed by atoms with Crippen LogP contribution in [0.3, 0.4) is 0 Å². The number of aromatic amines is 1. The molecule has 0 fully saturated rings. The highest BCUT2D eigenvalue weighted by molar-refractivity contribution is 5.56. The molecule has 20 heavy (non-hydrogen) atoms. The Morgan fingerprint density at radius 1 is 1.20 bits per heavy atom. The number of aromatic nitrogens is 3. The number of nitrogens with zero attached hydrogens (tertiary/aromatic N) is 2. The second-order valence-corrected chi connectivity index (χ2v) is 4.61. The van der Waals surface area contributed by atoms with Gasteiger partial charge in [0.25, 0.3) is 0 Å². The summed E-state index contributed by atoms with van der Waals surface area (Å²) in [5.74, 6) is 1.71. The Balaban J connectivity index is 1.65. The van der Waals surface area contributed by atoms with E-state index in [2.05, 4.69) is 20.5 Å². The summed E-state index contributed by atoms with van der Waals surface area (Å²) in [6.45, 7) is 3.36. The van der Waals surface area contributed by atoms with Crippen molar-refractivity contribution >= 4 is 0 Å². The molecule has 0 unspecified atom stereocenters. The SMILES string of the molecule is Cc1ccc(-c2[nH]ncc2CNCc2ccccn2)o1. The highest BCUT2D eigenvalue weighted by Gasteiger charge is 2.10. The van der Waals surface area contributed by atoms with Crippen molar-refractivity contribution in [2.24, 2.45) is 0 Å².